The Morgan fingerprint density at radius 3 is 2.68 bits per heavy atom. The molecule has 3 N–H and O–H groups in total. The average molecular weight is 266 g/mol. The molecule has 0 aliphatic heterocycles. The maximum absolute atomic E-state index is 14.0. The normalized spacial score (nSPS) is 12.7. The molecular formula is C13H16F2N4. The molecule has 0 bridgehead atoms. The molecule has 0 spiro atoms. The quantitative estimate of drug-likeness (QED) is 0.655. The second-order valence-corrected chi connectivity index (χ2v) is 4.50. The number of nitrogens with two attached hydrogens (primary N) is 1. The SMILES string of the molecule is Cc1ccc(F)c(C(Cc2ccn(C)n2)NN)c1F. The van der Waals surface area contributed by atoms with Crippen LogP contribution in [-0.4, -0.2) is 9.78 Å². The van der Waals surface area contributed by atoms with Crippen LogP contribution in [0.15, 0.2) is 24.4 Å². The minimum Gasteiger partial charge on any atom is -0.276 e. The van der Waals surface area contributed by atoms with Crippen molar-refractivity contribution in [2.24, 2.45) is 12.9 Å². The van der Waals surface area contributed by atoms with Crippen LogP contribution in [0.3, 0.4) is 0 Å². The highest BCUT2D eigenvalue weighted by Crippen LogP contribution is 2.25. The third-order valence-corrected chi connectivity index (χ3v) is 3.05. The van der Waals surface area contributed by atoms with Crippen molar-refractivity contribution >= 4 is 0 Å². The molecule has 1 atom stereocenters. The zero-order valence-corrected chi connectivity index (χ0v) is 10.8. The lowest BCUT2D eigenvalue weighted by Crippen LogP contribution is -2.31. The van der Waals surface area contributed by atoms with Gasteiger partial charge in [0.05, 0.1) is 11.7 Å². The standard InChI is InChI=1S/C13H16F2N4/c1-8-3-4-10(14)12(13(8)15)11(17-16)7-9-5-6-19(2)18-9/h3-6,11,17H,7,16H2,1-2H3. The molecule has 2 aromatic rings. The van der Waals surface area contributed by atoms with Crippen LogP contribution in [0.5, 0.6) is 0 Å². The van der Waals surface area contributed by atoms with Crippen molar-refractivity contribution in [3.63, 3.8) is 0 Å². The Kier molecular flexibility index (Phi) is 3.92. The van der Waals surface area contributed by atoms with E-state index in [2.05, 4.69) is 10.5 Å². The number of hydrazine groups is 1. The van der Waals surface area contributed by atoms with Crippen molar-refractivity contribution in [1.29, 1.82) is 0 Å². The Labute approximate surface area is 110 Å². The van der Waals surface area contributed by atoms with Gasteiger partial charge in [-0.15, -0.1) is 0 Å². The summed E-state index contributed by atoms with van der Waals surface area (Å²) < 4.78 is 29.5. The van der Waals surface area contributed by atoms with Crippen LogP contribution in [-0.2, 0) is 13.5 Å². The zero-order valence-electron chi connectivity index (χ0n) is 10.8. The average Bonchev–Trinajstić information content (AvgIpc) is 2.78. The number of hydrogen-bond acceptors (Lipinski definition) is 3. The van der Waals surface area contributed by atoms with E-state index in [1.165, 1.54) is 12.1 Å². The van der Waals surface area contributed by atoms with Gasteiger partial charge in [-0.05, 0) is 24.6 Å². The number of hydrogen-bond donors (Lipinski definition) is 2. The molecule has 0 saturated heterocycles. The number of benzene rings is 1. The Morgan fingerprint density at radius 2 is 2.11 bits per heavy atom. The van der Waals surface area contributed by atoms with Crippen molar-refractivity contribution in [3.05, 3.63) is 52.9 Å². The summed E-state index contributed by atoms with van der Waals surface area (Å²) in [7, 11) is 1.78. The van der Waals surface area contributed by atoms with E-state index in [0.717, 1.165) is 0 Å². The molecule has 19 heavy (non-hydrogen) atoms. The summed E-state index contributed by atoms with van der Waals surface area (Å²) in [5.41, 5.74) is 3.51. The van der Waals surface area contributed by atoms with Gasteiger partial charge in [0.2, 0.25) is 0 Å². The van der Waals surface area contributed by atoms with E-state index in [1.54, 1.807) is 30.9 Å². The molecular weight excluding hydrogens is 250 g/mol. The Hall–Kier alpha value is -1.79. The van der Waals surface area contributed by atoms with Gasteiger partial charge in [-0.1, -0.05) is 6.07 Å². The van der Waals surface area contributed by atoms with Crippen molar-refractivity contribution in [2.75, 3.05) is 0 Å². The molecule has 2 rings (SSSR count). The first-order valence-corrected chi connectivity index (χ1v) is 5.92. The first kappa shape index (κ1) is 13.6. The first-order chi connectivity index (χ1) is 9.02. The van der Waals surface area contributed by atoms with Crippen LogP contribution in [0.4, 0.5) is 8.78 Å². The summed E-state index contributed by atoms with van der Waals surface area (Å²) in [5.74, 6) is 4.25. The van der Waals surface area contributed by atoms with Crippen LogP contribution in [0, 0.1) is 18.6 Å². The maximum atomic E-state index is 14.0. The lowest BCUT2D eigenvalue weighted by molar-refractivity contribution is 0.466. The fraction of sp³-hybridized carbons (Fsp3) is 0.308. The number of halogens is 2. The van der Waals surface area contributed by atoms with Gasteiger partial charge in [0.25, 0.3) is 0 Å². The van der Waals surface area contributed by atoms with Crippen LogP contribution in [0.1, 0.15) is 22.9 Å². The zero-order chi connectivity index (χ0) is 14.0. The number of rotatable bonds is 4. The number of aromatic nitrogens is 2. The Balaban J connectivity index is 2.34. The van der Waals surface area contributed by atoms with E-state index in [1.807, 2.05) is 0 Å². The molecule has 0 aliphatic carbocycles. The minimum atomic E-state index is -0.658. The predicted octanol–water partition coefficient (Wildman–Crippen LogP) is 1.75. The second kappa shape index (κ2) is 5.46. The number of nitrogens with zero attached hydrogens (tertiary/aromatic N) is 2. The summed E-state index contributed by atoms with van der Waals surface area (Å²) in [6.07, 6.45) is 2.08. The summed E-state index contributed by atoms with van der Waals surface area (Å²) in [5, 5.41) is 4.18. The smallest absolute Gasteiger partial charge is 0.133 e. The van der Waals surface area contributed by atoms with Gasteiger partial charge in [0.15, 0.2) is 0 Å². The second-order valence-electron chi connectivity index (χ2n) is 4.50. The Morgan fingerprint density at radius 1 is 1.37 bits per heavy atom. The molecule has 6 heteroatoms. The van der Waals surface area contributed by atoms with Gasteiger partial charge in [0, 0.05) is 25.2 Å². The minimum absolute atomic E-state index is 0.0480. The third kappa shape index (κ3) is 2.80. The van der Waals surface area contributed by atoms with Gasteiger partial charge in [0.1, 0.15) is 11.6 Å². The monoisotopic (exact) mass is 266 g/mol. The molecule has 0 amide bonds. The van der Waals surface area contributed by atoms with Gasteiger partial charge in [-0.25, -0.2) is 8.78 Å². The van der Waals surface area contributed by atoms with Crippen LogP contribution in [0.25, 0.3) is 0 Å². The first-order valence-electron chi connectivity index (χ1n) is 5.92. The van der Waals surface area contributed by atoms with Crippen molar-refractivity contribution in [1.82, 2.24) is 15.2 Å². The summed E-state index contributed by atoms with van der Waals surface area (Å²) >= 11 is 0. The van der Waals surface area contributed by atoms with Gasteiger partial charge in [-0.2, -0.15) is 5.10 Å². The molecule has 0 fully saturated rings. The van der Waals surface area contributed by atoms with Gasteiger partial charge < -0.3 is 0 Å². The van der Waals surface area contributed by atoms with E-state index >= 15 is 0 Å². The van der Waals surface area contributed by atoms with E-state index in [0.29, 0.717) is 17.7 Å². The predicted molar refractivity (Wildman–Crippen MR) is 68.1 cm³/mol. The topological polar surface area (TPSA) is 55.9 Å². The molecule has 102 valence electrons. The lowest BCUT2D eigenvalue weighted by Gasteiger charge is -2.17. The number of aryl methyl sites for hydroxylation is 2. The van der Waals surface area contributed by atoms with Crippen LogP contribution in [0.2, 0.25) is 0 Å². The molecule has 4 nitrogen and oxygen atoms in total. The highest BCUT2D eigenvalue weighted by Gasteiger charge is 2.21. The largest absolute Gasteiger partial charge is 0.276 e. The van der Waals surface area contributed by atoms with E-state index in [9.17, 15) is 8.78 Å². The fourth-order valence-corrected chi connectivity index (χ4v) is 2.02. The van der Waals surface area contributed by atoms with Crippen molar-refractivity contribution < 1.29 is 8.78 Å². The summed E-state index contributed by atoms with van der Waals surface area (Å²) in [6, 6.07) is 3.78. The fourth-order valence-electron chi connectivity index (χ4n) is 2.02. The Bertz CT molecular complexity index is 580. The van der Waals surface area contributed by atoms with Crippen LogP contribution >= 0.6 is 0 Å². The lowest BCUT2D eigenvalue weighted by atomic mass is 9.99. The van der Waals surface area contributed by atoms with E-state index in [-0.39, 0.29) is 5.56 Å². The highest BCUT2D eigenvalue weighted by atomic mass is 19.1. The molecule has 1 aromatic heterocycles. The van der Waals surface area contributed by atoms with Crippen LogP contribution < -0.4 is 11.3 Å². The van der Waals surface area contributed by atoms with Gasteiger partial charge in [-0.3, -0.25) is 16.0 Å². The van der Waals surface area contributed by atoms with Crippen molar-refractivity contribution in [3.8, 4) is 0 Å². The molecule has 0 aliphatic rings. The molecule has 1 unspecified atom stereocenters. The molecule has 0 saturated carbocycles. The maximum Gasteiger partial charge on any atom is 0.133 e. The summed E-state index contributed by atoms with van der Waals surface area (Å²) in [6.45, 7) is 1.59. The third-order valence-electron chi connectivity index (χ3n) is 3.05. The molecule has 1 aromatic carbocycles. The molecule has 0 radical (unpaired) electrons. The van der Waals surface area contributed by atoms with E-state index in [4.69, 9.17) is 5.84 Å². The highest BCUT2D eigenvalue weighted by molar-refractivity contribution is 5.30. The number of nitrogens with one attached hydrogen (secondary N) is 1. The summed E-state index contributed by atoms with van der Waals surface area (Å²) in [4.78, 5) is 0. The van der Waals surface area contributed by atoms with Gasteiger partial charge >= 0.3 is 0 Å². The van der Waals surface area contributed by atoms with Crippen molar-refractivity contribution in [2.45, 2.75) is 19.4 Å². The molecule has 1 heterocycles. The van der Waals surface area contributed by atoms with E-state index < -0.39 is 17.7 Å².